The number of nitrogens with zero attached hydrogens (tertiary/aromatic N) is 1. The molecule has 0 saturated heterocycles. The zero-order chi connectivity index (χ0) is 13.1. The number of carbonyl (C=O) groups excluding carboxylic acids is 1. The van der Waals surface area contributed by atoms with Gasteiger partial charge in [-0.25, -0.2) is 5.84 Å². The maximum atomic E-state index is 11.7. The zero-order valence-corrected chi connectivity index (χ0v) is 11.1. The molecule has 0 aliphatic heterocycles. The Morgan fingerprint density at radius 2 is 1.82 bits per heavy atom. The van der Waals surface area contributed by atoms with Gasteiger partial charge in [-0.3, -0.25) is 15.1 Å². The average molecular weight is 247 g/mol. The van der Waals surface area contributed by atoms with Crippen LogP contribution in [0.25, 0.3) is 0 Å². The third-order valence-electron chi connectivity index (χ3n) is 2.61. The zero-order valence-electron chi connectivity index (χ0n) is 11.1. The molecule has 0 aromatic carbocycles. The highest BCUT2D eigenvalue weighted by atomic mass is 16.5. The first-order chi connectivity index (χ1) is 8.21. The van der Waals surface area contributed by atoms with Crippen molar-refractivity contribution in [2.45, 2.75) is 25.8 Å². The molecule has 6 heteroatoms. The highest BCUT2D eigenvalue weighted by molar-refractivity contribution is 5.81. The Morgan fingerprint density at radius 1 is 1.29 bits per heavy atom. The summed E-state index contributed by atoms with van der Waals surface area (Å²) in [7, 11) is 3.29. The van der Waals surface area contributed by atoms with Crippen molar-refractivity contribution in [3.05, 3.63) is 0 Å². The molecule has 1 unspecified atom stereocenters. The summed E-state index contributed by atoms with van der Waals surface area (Å²) in [5.41, 5.74) is 2.22. The van der Waals surface area contributed by atoms with Crippen LogP contribution in [-0.2, 0) is 14.3 Å². The first kappa shape index (κ1) is 16.3. The van der Waals surface area contributed by atoms with Gasteiger partial charge in [0.25, 0.3) is 5.91 Å². The molecule has 0 aromatic rings. The fourth-order valence-corrected chi connectivity index (χ4v) is 1.69. The maximum absolute atomic E-state index is 11.7. The van der Waals surface area contributed by atoms with Crippen LogP contribution in [0.4, 0.5) is 0 Å². The fraction of sp³-hybridized carbons (Fsp3) is 0.909. The van der Waals surface area contributed by atoms with E-state index in [0.29, 0.717) is 26.3 Å². The van der Waals surface area contributed by atoms with Crippen molar-refractivity contribution in [1.29, 1.82) is 0 Å². The molecule has 0 aromatic heterocycles. The predicted octanol–water partition coefficient (Wildman–Crippen LogP) is -0.260. The normalized spacial score (nSPS) is 12.8. The largest absolute Gasteiger partial charge is 0.383 e. The maximum Gasteiger partial charge on any atom is 0.251 e. The fourth-order valence-electron chi connectivity index (χ4n) is 1.69. The standard InChI is InChI=1S/C11H25N3O3/c1-4-5-10(11(15)13-12)14(6-8-16-2)7-9-17-3/h10H,4-9,12H2,1-3H3,(H,13,15). The first-order valence-electron chi connectivity index (χ1n) is 5.93. The van der Waals surface area contributed by atoms with Crippen molar-refractivity contribution >= 4 is 5.91 Å². The van der Waals surface area contributed by atoms with Crippen LogP contribution in [-0.4, -0.2) is 57.4 Å². The van der Waals surface area contributed by atoms with Gasteiger partial charge in [0.15, 0.2) is 0 Å². The topological polar surface area (TPSA) is 76.8 Å². The third-order valence-corrected chi connectivity index (χ3v) is 2.61. The van der Waals surface area contributed by atoms with E-state index in [0.717, 1.165) is 12.8 Å². The third kappa shape index (κ3) is 6.58. The van der Waals surface area contributed by atoms with E-state index in [1.54, 1.807) is 14.2 Å². The summed E-state index contributed by atoms with van der Waals surface area (Å²) >= 11 is 0. The van der Waals surface area contributed by atoms with Crippen LogP contribution in [0.3, 0.4) is 0 Å². The lowest BCUT2D eigenvalue weighted by Crippen LogP contribution is -2.50. The molecule has 0 aliphatic rings. The number of methoxy groups -OCH3 is 2. The summed E-state index contributed by atoms with van der Waals surface area (Å²) < 4.78 is 10.1. The molecular formula is C11H25N3O3. The molecule has 6 nitrogen and oxygen atoms in total. The highest BCUT2D eigenvalue weighted by Crippen LogP contribution is 2.07. The summed E-state index contributed by atoms with van der Waals surface area (Å²) in [5.74, 6) is 5.06. The van der Waals surface area contributed by atoms with E-state index < -0.39 is 0 Å². The first-order valence-corrected chi connectivity index (χ1v) is 5.93. The van der Waals surface area contributed by atoms with Crippen LogP contribution in [0.2, 0.25) is 0 Å². The Bertz CT molecular complexity index is 194. The Hall–Kier alpha value is -0.690. The lowest BCUT2D eigenvalue weighted by Gasteiger charge is -2.29. The van der Waals surface area contributed by atoms with E-state index in [4.69, 9.17) is 15.3 Å². The summed E-state index contributed by atoms with van der Waals surface area (Å²) in [6, 6.07) is -0.213. The van der Waals surface area contributed by atoms with Gasteiger partial charge in [-0.1, -0.05) is 13.3 Å². The number of nitrogens with one attached hydrogen (secondary N) is 1. The molecule has 0 rings (SSSR count). The second kappa shape index (κ2) is 10.5. The molecule has 0 fully saturated rings. The minimum absolute atomic E-state index is 0.154. The molecule has 3 N–H and O–H groups in total. The number of hydrazine groups is 1. The smallest absolute Gasteiger partial charge is 0.251 e. The van der Waals surface area contributed by atoms with Gasteiger partial charge in [0.1, 0.15) is 0 Å². The van der Waals surface area contributed by atoms with Gasteiger partial charge in [0.2, 0.25) is 0 Å². The van der Waals surface area contributed by atoms with Gasteiger partial charge in [-0.05, 0) is 6.42 Å². The van der Waals surface area contributed by atoms with E-state index in [1.807, 2.05) is 11.8 Å². The molecule has 17 heavy (non-hydrogen) atoms. The number of ether oxygens (including phenoxy) is 2. The lowest BCUT2D eigenvalue weighted by atomic mass is 10.1. The summed E-state index contributed by atoms with van der Waals surface area (Å²) in [6.45, 7) is 4.60. The molecule has 1 atom stereocenters. The molecular weight excluding hydrogens is 222 g/mol. The van der Waals surface area contributed by atoms with Crippen LogP contribution in [0, 0.1) is 0 Å². The van der Waals surface area contributed by atoms with Gasteiger partial charge >= 0.3 is 0 Å². The minimum atomic E-state index is -0.213. The Morgan fingerprint density at radius 3 is 2.18 bits per heavy atom. The number of hydrogen-bond donors (Lipinski definition) is 2. The predicted molar refractivity (Wildman–Crippen MR) is 66.4 cm³/mol. The highest BCUT2D eigenvalue weighted by Gasteiger charge is 2.23. The van der Waals surface area contributed by atoms with Gasteiger partial charge in [0, 0.05) is 27.3 Å². The van der Waals surface area contributed by atoms with Gasteiger partial charge in [-0.2, -0.15) is 0 Å². The average Bonchev–Trinajstić information content (AvgIpc) is 2.36. The SMILES string of the molecule is CCCC(C(=O)NN)N(CCOC)CCOC. The van der Waals surface area contributed by atoms with Crippen molar-refractivity contribution in [3.8, 4) is 0 Å². The van der Waals surface area contributed by atoms with E-state index >= 15 is 0 Å². The molecule has 0 saturated carbocycles. The summed E-state index contributed by atoms with van der Waals surface area (Å²) in [4.78, 5) is 13.8. The number of carbonyl (C=O) groups is 1. The van der Waals surface area contributed by atoms with E-state index in [-0.39, 0.29) is 11.9 Å². The van der Waals surface area contributed by atoms with Crippen LogP contribution in [0.5, 0.6) is 0 Å². The van der Waals surface area contributed by atoms with E-state index in [9.17, 15) is 4.79 Å². The Labute approximate surface area is 103 Å². The molecule has 0 aliphatic carbocycles. The molecule has 1 amide bonds. The minimum Gasteiger partial charge on any atom is -0.383 e. The van der Waals surface area contributed by atoms with E-state index in [2.05, 4.69) is 5.43 Å². The quantitative estimate of drug-likeness (QED) is 0.316. The number of amides is 1. The lowest BCUT2D eigenvalue weighted by molar-refractivity contribution is -0.127. The molecule has 0 spiro atoms. The molecule has 102 valence electrons. The monoisotopic (exact) mass is 247 g/mol. The van der Waals surface area contributed by atoms with Crippen molar-refractivity contribution in [2.24, 2.45) is 5.84 Å². The Balaban J connectivity index is 4.47. The number of nitrogens with two attached hydrogens (primary N) is 1. The van der Waals surface area contributed by atoms with Gasteiger partial charge < -0.3 is 9.47 Å². The van der Waals surface area contributed by atoms with Crippen LogP contribution >= 0.6 is 0 Å². The van der Waals surface area contributed by atoms with Crippen molar-refractivity contribution in [3.63, 3.8) is 0 Å². The summed E-state index contributed by atoms with van der Waals surface area (Å²) in [6.07, 6.45) is 1.70. The van der Waals surface area contributed by atoms with E-state index in [1.165, 1.54) is 0 Å². The van der Waals surface area contributed by atoms with Crippen molar-refractivity contribution in [1.82, 2.24) is 10.3 Å². The number of hydrogen-bond acceptors (Lipinski definition) is 5. The van der Waals surface area contributed by atoms with Crippen molar-refractivity contribution in [2.75, 3.05) is 40.5 Å². The van der Waals surface area contributed by atoms with Crippen LogP contribution < -0.4 is 11.3 Å². The second-order valence-electron chi connectivity index (χ2n) is 3.83. The van der Waals surface area contributed by atoms with Crippen molar-refractivity contribution < 1.29 is 14.3 Å². The van der Waals surface area contributed by atoms with Crippen LogP contribution in [0.15, 0.2) is 0 Å². The molecule has 0 radical (unpaired) electrons. The van der Waals surface area contributed by atoms with Gasteiger partial charge in [0.05, 0.1) is 19.3 Å². The van der Waals surface area contributed by atoms with Gasteiger partial charge in [-0.15, -0.1) is 0 Å². The second-order valence-corrected chi connectivity index (χ2v) is 3.83. The number of rotatable bonds is 10. The molecule has 0 bridgehead atoms. The Kier molecular flexibility index (Phi) is 10.0. The van der Waals surface area contributed by atoms with Crippen LogP contribution in [0.1, 0.15) is 19.8 Å². The molecule has 0 heterocycles. The summed E-state index contributed by atoms with van der Waals surface area (Å²) in [5, 5.41) is 0.